The molecule has 1 fully saturated rings. The molecule has 23 heavy (non-hydrogen) atoms. The lowest BCUT2D eigenvalue weighted by Crippen LogP contribution is -2.39. The van der Waals surface area contributed by atoms with Gasteiger partial charge < -0.3 is 15.4 Å². The number of guanidine groups is 1. The van der Waals surface area contributed by atoms with Crippen LogP contribution in [0, 0.1) is 5.92 Å². The van der Waals surface area contributed by atoms with Crippen LogP contribution >= 0.6 is 0 Å². The van der Waals surface area contributed by atoms with Gasteiger partial charge in [-0.3, -0.25) is 4.99 Å². The number of aliphatic imine (C=N–C) groups is 1. The van der Waals surface area contributed by atoms with Gasteiger partial charge in [0.05, 0.1) is 19.0 Å². The number of hydrogen-bond donors (Lipinski definition) is 2. The Hall–Kier alpha value is -0.820. The lowest BCUT2D eigenvalue weighted by atomic mass is 10.0. The molecule has 0 aromatic carbocycles. The minimum absolute atomic E-state index is 0.0717. The van der Waals surface area contributed by atoms with Crippen LogP contribution in [0.3, 0.4) is 0 Å². The fraction of sp³-hybridized carbons (Fsp3) is 0.938. The average molecular weight is 348 g/mol. The van der Waals surface area contributed by atoms with Crippen LogP contribution in [0.15, 0.2) is 4.99 Å². The smallest absolute Gasteiger partial charge is 0.191 e. The zero-order valence-corrected chi connectivity index (χ0v) is 15.5. The molecule has 0 spiro atoms. The van der Waals surface area contributed by atoms with Gasteiger partial charge >= 0.3 is 0 Å². The maximum Gasteiger partial charge on any atom is 0.191 e. The Labute approximate surface area is 141 Å². The second-order valence-electron chi connectivity index (χ2n) is 6.22. The summed E-state index contributed by atoms with van der Waals surface area (Å²) in [6, 6.07) is 0. The van der Waals surface area contributed by atoms with Crippen molar-refractivity contribution in [1.82, 2.24) is 10.6 Å². The lowest BCUT2D eigenvalue weighted by Gasteiger charge is -2.12. The van der Waals surface area contributed by atoms with Crippen molar-refractivity contribution in [3.05, 3.63) is 0 Å². The number of sulfone groups is 1. The molecule has 6 nitrogen and oxygen atoms in total. The van der Waals surface area contributed by atoms with Gasteiger partial charge in [-0.1, -0.05) is 25.7 Å². The third kappa shape index (κ3) is 11.4. The summed E-state index contributed by atoms with van der Waals surface area (Å²) >= 11 is 0. The van der Waals surface area contributed by atoms with E-state index in [1.807, 2.05) is 6.92 Å². The highest BCUT2D eigenvalue weighted by molar-refractivity contribution is 7.90. The molecule has 2 N–H and O–H groups in total. The zero-order chi connectivity index (χ0) is 17.0. The summed E-state index contributed by atoms with van der Waals surface area (Å²) in [7, 11) is -2.94. The molecule has 0 aliphatic heterocycles. The van der Waals surface area contributed by atoms with Crippen LogP contribution in [0.5, 0.6) is 0 Å². The molecule has 1 rings (SSSR count). The maximum absolute atomic E-state index is 11.0. The van der Waals surface area contributed by atoms with E-state index in [0.717, 1.165) is 31.4 Å². The molecular formula is C16H33N3O3S. The first-order valence-electron chi connectivity index (χ1n) is 8.79. The van der Waals surface area contributed by atoms with Crippen molar-refractivity contribution in [3.63, 3.8) is 0 Å². The Kier molecular flexibility index (Phi) is 10.3. The fourth-order valence-corrected chi connectivity index (χ4v) is 3.19. The molecule has 0 heterocycles. The van der Waals surface area contributed by atoms with Gasteiger partial charge in [-0.15, -0.1) is 0 Å². The van der Waals surface area contributed by atoms with E-state index in [-0.39, 0.29) is 12.4 Å². The van der Waals surface area contributed by atoms with Gasteiger partial charge in [-0.05, 0) is 25.7 Å². The standard InChI is InChI=1S/C16H33N3O3S/c1-3-17-16(18-10-6-9-15-7-4-5-8-15)19-11-12-22-13-14-23(2,20)21/h15H,3-14H2,1-2H3,(H2,17,18,19). The number of ether oxygens (including phenoxy) is 1. The Morgan fingerprint density at radius 1 is 1.22 bits per heavy atom. The highest BCUT2D eigenvalue weighted by atomic mass is 32.2. The molecule has 1 saturated carbocycles. The van der Waals surface area contributed by atoms with E-state index in [4.69, 9.17) is 4.74 Å². The maximum atomic E-state index is 11.0. The Balaban J connectivity index is 2.11. The molecule has 1 aliphatic carbocycles. The molecule has 0 unspecified atom stereocenters. The van der Waals surface area contributed by atoms with Crippen LogP contribution in [-0.2, 0) is 14.6 Å². The first-order valence-corrected chi connectivity index (χ1v) is 10.8. The largest absolute Gasteiger partial charge is 0.379 e. The first kappa shape index (κ1) is 20.2. The average Bonchev–Trinajstić information content (AvgIpc) is 2.99. The second-order valence-corrected chi connectivity index (χ2v) is 8.48. The zero-order valence-electron chi connectivity index (χ0n) is 14.6. The van der Waals surface area contributed by atoms with Gasteiger partial charge in [-0.25, -0.2) is 8.42 Å². The molecule has 7 heteroatoms. The van der Waals surface area contributed by atoms with Crippen molar-refractivity contribution >= 4 is 15.8 Å². The molecule has 1 aliphatic rings. The molecule has 136 valence electrons. The first-order chi connectivity index (χ1) is 11.0. The van der Waals surface area contributed by atoms with Gasteiger partial charge in [0.25, 0.3) is 0 Å². The van der Waals surface area contributed by atoms with Crippen molar-refractivity contribution in [1.29, 1.82) is 0 Å². The second kappa shape index (κ2) is 11.7. The SMILES string of the molecule is CCNC(=NCCCC1CCCC1)NCCOCCS(C)(=O)=O. The van der Waals surface area contributed by atoms with Gasteiger partial charge in [0.2, 0.25) is 0 Å². The molecule has 0 aromatic heterocycles. The Bertz CT molecular complexity index is 432. The summed E-state index contributed by atoms with van der Waals surface area (Å²) in [4.78, 5) is 4.57. The molecule has 0 radical (unpaired) electrons. The summed E-state index contributed by atoms with van der Waals surface area (Å²) in [5, 5.41) is 6.42. The van der Waals surface area contributed by atoms with Crippen LogP contribution in [-0.4, -0.2) is 59.2 Å². The van der Waals surface area contributed by atoms with Crippen LogP contribution in [0.2, 0.25) is 0 Å². The Morgan fingerprint density at radius 2 is 1.96 bits per heavy atom. The quantitative estimate of drug-likeness (QED) is 0.337. The van der Waals surface area contributed by atoms with E-state index in [0.29, 0.717) is 13.2 Å². The summed E-state index contributed by atoms with van der Waals surface area (Å²) < 4.78 is 27.3. The summed E-state index contributed by atoms with van der Waals surface area (Å²) in [5.41, 5.74) is 0. The third-order valence-electron chi connectivity index (χ3n) is 4.00. The summed E-state index contributed by atoms with van der Waals surface area (Å²) in [6.07, 6.45) is 9.24. The fourth-order valence-electron chi connectivity index (χ4n) is 2.77. The number of nitrogens with one attached hydrogen (secondary N) is 2. The van der Waals surface area contributed by atoms with Crippen LogP contribution in [0.4, 0.5) is 0 Å². The molecular weight excluding hydrogens is 314 g/mol. The van der Waals surface area contributed by atoms with Gasteiger partial charge in [0, 0.05) is 25.9 Å². The van der Waals surface area contributed by atoms with Crippen molar-refractivity contribution in [2.75, 3.05) is 44.9 Å². The van der Waals surface area contributed by atoms with Crippen LogP contribution in [0.1, 0.15) is 45.4 Å². The van der Waals surface area contributed by atoms with E-state index in [2.05, 4.69) is 15.6 Å². The van der Waals surface area contributed by atoms with Gasteiger partial charge in [-0.2, -0.15) is 0 Å². The molecule has 0 bridgehead atoms. The predicted molar refractivity (Wildman–Crippen MR) is 95.7 cm³/mol. The molecule has 0 amide bonds. The minimum Gasteiger partial charge on any atom is -0.379 e. The van der Waals surface area contributed by atoms with E-state index in [9.17, 15) is 8.42 Å². The van der Waals surface area contributed by atoms with Crippen LogP contribution < -0.4 is 10.6 Å². The topological polar surface area (TPSA) is 79.8 Å². The number of hydrogen-bond acceptors (Lipinski definition) is 4. The Morgan fingerprint density at radius 3 is 2.61 bits per heavy atom. The van der Waals surface area contributed by atoms with Crippen molar-refractivity contribution in [3.8, 4) is 0 Å². The number of nitrogens with zero attached hydrogens (tertiary/aromatic N) is 1. The lowest BCUT2D eigenvalue weighted by molar-refractivity contribution is 0.154. The van der Waals surface area contributed by atoms with E-state index >= 15 is 0 Å². The van der Waals surface area contributed by atoms with Crippen molar-refractivity contribution < 1.29 is 13.2 Å². The monoisotopic (exact) mass is 347 g/mol. The molecule has 0 atom stereocenters. The van der Waals surface area contributed by atoms with E-state index in [1.165, 1.54) is 38.4 Å². The third-order valence-corrected chi connectivity index (χ3v) is 4.90. The van der Waals surface area contributed by atoms with E-state index in [1.54, 1.807) is 0 Å². The van der Waals surface area contributed by atoms with Crippen molar-refractivity contribution in [2.45, 2.75) is 45.4 Å². The highest BCUT2D eigenvalue weighted by Crippen LogP contribution is 2.28. The van der Waals surface area contributed by atoms with Gasteiger partial charge in [0.1, 0.15) is 9.84 Å². The van der Waals surface area contributed by atoms with E-state index < -0.39 is 9.84 Å². The minimum atomic E-state index is -2.94. The molecule has 0 aromatic rings. The van der Waals surface area contributed by atoms with Crippen LogP contribution in [0.25, 0.3) is 0 Å². The van der Waals surface area contributed by atoms with Gasteiger partial charge in [0.15, 0.2) is 5.96 Å². The molecule has 0 saturated heterocycles. The highest BCUT2D eigenvalue weighted by Gasteiger charge is 2.13. The number of rotatable bonds is 11. The summed E-state index contributed by atoms with van der Waals surface area (Å²) in [6.45, 7) is 5.05. The normalized spacial score (nSPS) is 16.7. The summed E-state index contributed by atoms with van der Waals surface area (Å²) in [5.74, 6) is 1.80. The van der Waals surface area contributed by atoms with Crippen molar-refractivity contribution in [2.24, 2.45) is 10.9 Å². The predicted octanol–water partition coefficient (Wildman–Crippen LogP) is 1.57.